The van der Waals surface area contributed by atoms with Crippen LogP contribution in [0.25, 0.3) is 22.3 Å². The van der Waals surface area contributed by atoms with E-state index in [2.05, 4.69) is 22.2 Å². The highest BCUT2D eigenvalue weighted by Gasteiger charge is 2.40. The molecule has 2 aromatic carbocycles. The molecule has 1 amide bonds. The van der Waals surface area contributed by atoms with Crippen molar-refractivity contribution >= 4 is 28.4 Å². The van der Waals surface area contributed by atoms with Crippen LogP contribution in [0.15, 0.2) is 54.9 Å². The Morgan fingerprint density at radius 3 is 2.78 bits per heavy atom. The number of aromatic nitrogens is 4. The van der Waals surface area contributed by atoms with Crippen molar-refractivity contribution in [1.29, 1.82) is 0 Å². The molecule has 0 saturated heterocycles. The molecular weight excluding hydrogens is 422 g/mol. The van der Waals surface area contributed by atoms with Crippen LogP contribution >= 0.6 is 11.6 Å². The van der Waals surface area contributed by atoms with Crippen LogP contribution < -0.4 is 5.32 Å². The summed E-state index contributed by atoms with van der Waals surface area (Å²) in [4.78, 5) is 29.9. The Hall–Kier alpha value is -3.25. The van der Waals surface area contributed by atoms with Crippen molar-refractivity contribution in [3.8, 4) is 11.4 Å². The first-order valence-corrected chi connectivity index (χ1v) is 11.3. The fraction of sp³-hybridized carbons (Fsp3) is 0.280. The number of fused-ring (bicyclic) bond motifs is 1. The fourth-order valence-electron chi connectivity index (χ4n) is 4.11. The van der Waals surface area contributed by atoms with Gasteiger partial charge in [-0.2, -0.15) is 0 Å². The van der Waals surface area contributed by atoms with Gasteiger partial charge in [0.15, 0.2) is 5.82 Å². The third-order valence-electron chi connectivity index (χ3n) is 5.95. The molecule has 0 bridgehead atoms. The van der Waals surface area contributed by atoms with Gasteiger partial charge >= 0.3 is 0 Å². The van der Waals surface area contributed by atoms with E-state index >= 15 is 0 Å². The van der Waals surface area contributed by atoms with Crippen LogP contribution in [-0.4, -0.2) is 32.4 Å². The minimum atomic E-state index is -0.0827. The van der Waals surface area contributed by atoms with E-state index in [0.717, 1.165) is 47.2 Å². The van der Waals surface area contributed by atoms with Crippen molar-refractivity contribution in [1.82, 2.24) is 25.3 Å². The molecule has 162 valence electrons. The molecule has 7 heteroatoms. The number of nitrogens with zero attached hydrogens (tertiary/aromatic N) is 3. The minimum absolute atomic E-state index is 0.0827. The number of aromatic amines is 1. The topological polar surface area (TPSA) is 83.6 Å². The SMILES string of the molecule is CCCc1nc(-c2ccc(Cl)cc2)nc2cc(C(=O)NCC3CC3c3ncc[nH]3)ccc12. The van der Waals surface area contributed by atoms with Crippen molar-refractivity contribution in [3.63, 3.8) is 0 Å². The molecule has 5 rings (SSSR count). The predicted molar refractivity (Wildman–Crippen MR) is 126 cm³/mol. The van der Waals surface area contributed by atoms with E-state index in [9.17, 15) is 4.79 Å². The Morgan fingerprint density at radius 1 is 1.19 bits per heavy atom. The first-order chi connectivity index (χ1) is 15.6. The lowest BCUT2D eigenvalue weighted by molar-refractivity contribution is 0.0951. The van der Waals surface area contributed by atoms with E-state index in [0.29, 0.717) is 34.8 Å². The monoisotopic (exact) mass is 445 g/mol. The van der Waals surface area contributed by atoms with Crippen LogP contribution in [0.1, 0.15) is 47.6 Å². The maximum atomic E-state index is 12.8. The number of aryl methyl sites for hydroxylation is 1. The summed E-state index contributed by atoms with van der Waals surface area (Å²) in [5.41, 5.74) is 3.28. The van der Waals surface area contributed by atoms with Gasteiger partial charge in [0, 0.05) is 46.4 Å². The lowest BCUT2D eigenvalue weighted by atomic mass is 10.1. The van der Waals surface area contributed by atoms with Crippen molar-refractivity contribution in [2.45, 2.75) is 32.1 Å². The average molecular weight is 446 g/mol. The van der Waals surface area contributed by atoms with Gasteiger partial charge in [0.05, 0.1) is 11.2 Å². The zero-order chi connectivity index (χ0) is 22.1. The normalized spacial score (nSPS) is 17.4. The number of rotatable bonds is 7. The fourth-order valence-corrected chi connectivity index (χ4v) is 4.23. The molecule has 32 heavy (non-hydrogen) atoms. The maximum absolute atomic E-state index is 12.8. The van der Waals surface area contributed by atoms with Crippen LogP contribution in [0.5, 0.6) is 0 Å². The van der Waals surface area contributed by atoms with Gasteiger partial charge in [0.1, 0.15) is 5.82 Å². The molecule has 0 aliphatic heterocycles. The number of halogens is 1. The number of nitrogens with one attached hydrogen (secondary N) is 2. The molecular formula is C25H24ClN5O. The Balaban J connectivity index is 1.38. The quantitative estimate of drug-likeness (QED) is 0.411. The van der Waals surface area contributed by atoms with E-state index < -0.39 is 0 Å². The van der Waals surface area contributed by atoms with E-state index in [1.54, 1.807) is 6.20 Å². The van der Waals surface area contributed by atoms with Gasteiger partial charge in [-0.15, -0.1) is 0 Å². The summed E-state index contributed by atoms with van der Waals surface area (Å²) in [7, 11) is 0. The molecule has 1 aliphatic rings. The summed E-state index contributed by atoms with van der Waals surface area (Å²) in [5.74, 6) is 2.41. The molecule has 0 radical (unpaired) electrons. The Labute approximate surface area is 191 Å². The standard InChI is InChI=1S/C25H24ClN5O/c1-2-3-21-19-9-6-16(25(32)29-14-17-12-20(17)24-27-10-11-28-24)13-22(19)31-23(30-21)15-4-7-18(26)8-5-15/h4-11,13,17,20H,2-3,12,14H2,1H3,(H,27,28)(H,29,32). The van der Waals surface area contributed by atoms with Gasteiger partial charge in [-0.05, 0) is 55.2 Å². The number of hydrogen-bond acceptors (Lipinski definition) is 4. The van der Waals surface area contributed by atoms with E-state index in [1.807, 2.05) is 48.7 Å². The van der Waals surface area contributed by atoms with Gasteiger partial charge in [0.2, 0.25) is 0 Å². The highest BCUT2D eigenvalue weighted by Crippen LogP contribution is 2.45. The van der Waals surface area contributed by atoms with Gasteiger partial charge in [-0.3, -0.25) is 4.79 Å². The number of benzene rings is 2. The van der Waals surface area contributed by atoms with Crippen molar-refractivity contribution in [3.05, 3.63) is 77.0 Å². The van der Waals surface area contributed by atoms with Gasteiger partial charge in [-0.1, -0.05) is 31.0 Å². The number of imidazole rings is 1. The van der Waals surface area contributed by atoms with Gasteiger partial charge in [0.25, 0.3) is 5.91 Å². The first-order valence-electron chi connectivity index (χ1n) is 11.0. The molecule has 2 heterocycles. The minimum Gasteiger partial charge on any atom is -0.352 e. The zero-order valence-corrected chi connectivity index (χ0v) is 18.6. The van der Waals surface area contributed by atoms with Crippen LogP contribution in [0, 0.1) is 5.92 Å². The smallest absolute Gasteiger partial charge is 0.251 e. The second kappa shape index (κ2) is 8.71. The predicted octanol–water partition coefficient (Wildman–Crippen LogP) is 5.16. The number of amides is 1. The molecule has 2 N–H and O–H groups in total. The average Bonchev–Trinajstić information content (AvgIpc) is 3.37. The molecule has 6 nitrogen and oxygen atoms in total. The zero-order valence-electron chi connectivity index (χ0n) is 17.8. The lowest BCUT2D eigenvalue weighted by Gasteiger charge is -2.10. The third-order valence-corrected chi connectivity index (χ3v) is 6.20. The molecule has 2 aromatic heterocycles. The molecule has 4 aromatic rings. The van der Waals surface area contributed by atoms with Crippen molar-refractivity contribution < 1.29 is 4.79 Å². The lowest BCUT2D eigenvalue weighted by Crippen LogP contribution is -2.26. The second-order valence-corrected chi connectivity index (χ2v) is 8.71. The largest absolute Gasteiger partial charge is 0.352 e. The van der Waals surface area contributed by atoms with Crippen LogP contribution in [0.4, 0.5) is 0 Å². The van der Waals surface area contributed by atoms with E-state index in [1.165, 1.54) is 0 Å². The van der Waals surface area contributed by atoms with E-state index in [4.69, 9.17) is 21.6 Å². The number of H-pyrrole nitrogens is 1. The molecule has 1 fully saturated rings. The molecule has 1 saturated carbocycles. The molecule has 2 atom stereocenters. The van der Waals surface area contributed by atoms with Gasteiger partial charge in [-0.25, -0.2) is 15.0 Å². The second-order valence-electron chi connectivity index (χ2n) is 8.27. The molecule has 2 unspecified atom stereocenters. The third kappa shape index (κ3) is 4.23. The summed E-state index contributed by atoms with van der Waals surface area (Å²) in [6.45, 7) is 2.77. The Kier molecular flexibility index (Phi) is 5.62. The Morgan fingerprint density at radius 2 is 2.03 bits per heavy atom. The van der Waals surface area contributed by atoms with Gasteiger partial charge < -0.3 is 10.3 Å². The van der Waals surface area contributed by atoms with E-state index in [-0.39, 0.29) is 5.91 Å². The van der Waals surface area contributed by atoms with Crippen LogP contribution in [-0.2, 0) is 6.42 Å². The maximum Gasteiger partial charge on any atom is 0.251 e. The molecule has 0 spiro atoms. The summed E-state index contributed by atoms with van der Waals surface area (Å²) >= 11 is 6.03. The van der Waals surface area contributed by atoms with Crippen LogP contribution in [0.2, 0.25) is 5.02 Å². The number of carbonyl (C=O) groups is 1. The Bertz CT molecular complexity index is 1250. The first kappa shape index (κ1) is 20.6. The molecule has 1 aliphatic carbocycles. The summed E-state index contributed by atoms with van der Waals surface area (Å²) < 4.78 is 0. The highest BCUT2D eigenvalue weighted by molar-refractivity contribution is 6.30. The summed E-state index contributed by atoms with van der Waals surface area (Å²) in [6, 6.07) is 13.2. The number of carbonyl (C=O) groups excluding carboxylic acids is 1. The summed E-state index contributed by atoms with van der Waals surface area (Å²) in [6.07, 6.45) is 6.48. The summed E-state index contributed by atoms with van der Waals surface area (Å²) in [5, 5.41) is 4.73. The van der Waals surface area contributed by atoms with Crippen molar-refractivity contribution in [2.24, 2.45) is 5.92 Å². The number of hydrogen-bond donors (Lipinski definition) is 2. The highest BCUT2D eigenvalue weighted by atomic mass is 35.5. The van der Waals surface area contributed by atoms with Crippen molar-refractivity contribution in [2.75, 3.05) is 6.54 Å². The van der Waals surface area contributed by atoms with Crippen LogP contribution in [0.3, 0.4) is 0 Å².